The van der Waals surface area contributed by atoms with Gasteiger partial charge in [0, 0.05) is 28.4 Å². The highest BCUT2D eigenvalue weighted by atomic mass is 15.1. The van der Waals surface area contributed by atoms with Crippen LogP contribution >= 0.6 is 0 Å². The molecule has 6 rings (SSSR count). The van der Waals surface area contributed by atoms with Crippen LogP contribution in [0.1, 0.15) is 22.3 Å². The van der Waals surface area contributed by atoms with Crippen LogP contribution < -0.4 is 10.2 Å². The molecule has 0 saturated carbocycles. The van der Waals surface area contributed by atoms with E-state index in [2.05, 4.69) is 180 Å². The van der Waals surface area contributed by atoms with E-state index < -0.39 is 0 Å². The molecule has 0 aliphatic carbocycles. The first-order chi connectivity index (χ1) is 20.8. The molecule has 0 aliphatic rings. The Morgan fingerprint density at radius 2 is 0.762 bits per heavy atom. The molecule has 0 aliphatic heterocycles. The van der Waals surface area contributed by atoms with Gasteiger partial charge in [-0.25, -0.2) is 0 Å². The van der Waals surface area contributed by atoms with Gasteiger partial charge in [-0.3, -0.25) is 0 Å². The second-order valence-corrected chi connectivity index (χ2v) is 10.0. The monoisotopic (exact) mass is 540 g/mol. The number of para-hydroxylation sites is 2. The van der Waals surface area contributed by atoms with Crippen molar-refractivity contribution in [3.8, 4) is 0 Å². The average Bonchev–Trinajstić information content (AvgIpc) is 3.06. The predicted octanol–water partition coefficient (Wildman–Crippen LogP) is 11.2. The van der Waals surface area contributed by atoms with Crippen molar-refractivity contribution >= 4 is 52.7 Å². The minimum Gasteiger partial charge on any atom is -0.356 e. The number of nitrogens with zero attached hydrogens (tertiary/aromatic N) is 1. The first-order valence-electron chi connectivity index (χ1n) is 14.2. The predicted molar refractivity (Wildman–Crippen MR) is 182 cm³/mol. The summed E-state index contributed by atoms with van der Waals surface area (Å²) >= 11 is 0. The van der Waals surface area contributed by atoms with Crippen molar-refractivity contribution in [2.75, 3.05) is 10.2 Å². The fraction of sp³-hybridized carbons (Fsp3) is 0. The zero-order valence-corrected chi connectivity index (χ0v) is 23.3. The van der Waals surface area contributed by atoms with Crippen molar-refractivity contribution in [2.24, 2.45) is 0 Å². The van der Waals surface area contributed by atoms with Crippen LogP contribution in [0.4, 0.5) is 28.4 Å². The topological polar surface area (TPSA) is 15.3 Å². The van der Waals surface area contributed by atoms with Gasteiger partial charge in [-0.05, 0) is 82.9 Å². The fourth-order valence-electron chi connectivity index (χ4n) is 4.85. The molecule has 0 unspecified atom stereocenters. The highest BCUT2D eigenvalue weighted by molar-refractivity contribution is 5.78. The van der Waals surface area contributed by atoms with Gasteiger partial charge in [0.1, 0.15) is 0 Å². The maximum Gasteiger partial charge on any atom is 0.0462 e. The summed E-state index contributed by atoms with van der Waals surface area (Å²) in [5.41, 5.74) is 10.2. The molecule has 0 saturated heterocycles. The summed E-state index contributed by atoms with van der Waals surface area (Å²) in [6.07, 6.45) is 8.59. The van der Waals surface area contributed by atoms with Crippen LogP contribution in [0.5, 0.6) is 0 Å². The second kappa shape index (κ2) is 13.2. The first kappa shape index (κ1) is 26.6. The normalized spacial score (nSPS) is 11.1. The Labute approximate surface area is 248 Å². The van der Waals surface area contributed by atoms with Crippen molar-refractivity contribution in [3.05, 3.63) is 186 Å². The maximum atomic E-state index is 3.53. The van der Waals surface area contributed by atoms with E-state index >= 15 is 0 Å². The fourth-order valence-corrected chi connectivity index (χ4v) is 4.85. The van der Waals surface area contributed by atoms with Crippen LogP contribution in [0.15, 0.2) is 164 Å². The standard InChI is InChI=1S/C40H32N2/c1-4-11-32(12-5-1)19-20-33-23-27-36(28-24-33)41-37-14-10-13-35(31-37)22-21-34-25-29-40(30-26-34)42(38-15-6-2-7-16-38)39-17-8-3-9-18-39/h1-31,41H. The minimum absolute atomic E-state index is 1.06. The lowest BCUT2D eigenvalue weighted by Crippen LogP contribution is -2.09. The molecule has 42 heavy (non-hydrogen) atoms. The molecule has 0 radical (unpaired) electrons. The van der Waals surface area contributed by atoms with E-state index in [-0.39, 0.29) is 0 Å². The zero-order chi connectivity index (χ0) is 28.4. The van der Waals surface area contributed by atoms with Crippen LogP contribution in [0.2, 0.25) is 0 Å². The van der Waals surface area contributed by atoms with Gasteiger partial charge in [0.2, 0.25) is 0 Å². The lowest BCUT2D eigenvalue weighted by Gasteiger charge is -2.25. The van der Waals surface area contributed by atoms with Gasteiger partial charge in [0.05, 0.1) is 0 Å². The molecule has 0 heterocycles. The Balaban J connectivity index is 1.12. The van der Waals surface area contributed by atoms with Crippen LogP contribution in [-0.2, 0) is 0 Å². The highest BCUT2D eigenvalue weighted by Crippen LogP contribution is 2.34. The van der Waals surface area contributed by atoms with Gasteiger partial charge >= 0.3 is 0 Å². The van der Waals surface area contributed by atoms with E-state index in [1.54, 1.807) is 0 Å². The van der Waals surface area contributed by atoms with E-state index in [1.165, 1.54) is 11.1 Å². The van der Waals surface area contributed by atoms with Crippen molar-refractivity contribution in [1.82, 2.24) is 0 Å². The quantitative estimate of drug-likeness (QED) is 0.183. The summed E-state index contributed by atoms with van der Waals surface area (Å²) in [7, 11) is 0. The number of nitrogens with one attached hydrogen (secondary N) is 1. The smallest absolute Gasteiger partial charge is 0.0462 e. The van der Waals surface area contributed by atoms with E-state index in [0.717, 1.165) is 39.6 Å². The maximum absolute atomic E-state index is 3.53. The Morgan fingerprint density at radius 1 is 0.333 bits per heavy atom. The van der Waals surface area contributed by atoms with Crippen LogP contribution in [0, 0.1) is 0 Å². The zero-order valence-electron chi connectivity index (χ0n) is 23.3. The van der Waals surface area contributed by atoms with E-state index in [4.69, 9.17) is 0 Å². The van der Waals surface area contributed by atoms with Crippen LogP contribution in [0.25, 0.3) is 24.3 Å². The van der Waals surface area contributed by atoms with Gasteiger partial charge in [-0.15, -0.1) is 0 Å². The number of rotatable bonds is 9. The molecule has 6 aromatic rings. The molecule has 0 atom stereocenters. The largest absolute Gasteiger partial charge is 0.356 e. The average molecular weight is 541 g/mol. The number of benzene rings is 6. The Morgan fingerprint density at radius 3 is 1.33 bits per heavy atom. The molecule has 0 bridgehead atoms. The molecule has 1 N–H and O–H groups in total. The molecule has 0 fully saturated rings. The molecular formula is C40H32N2. The molecule has 2 nitrogen and oxygen atoms in total. The lowest BCUT2D eigenvalue weighted by molar-refractivity contribution is 1.28. The lowest BCUT2D eigenvalue weighted by atomic mass is 10.1. The molecule has 0 spiro atoms. The third kappa shape index (κ3) is 6.93. The first-order valence-corrected chi connectivity index (χ1v) is 14.2. The van der Waals surface area contributed by atoms with Crippen LogP contribution in [-0.4, -0.2) is 0 Å². The molecule has 6 aromatic carbocycles. The molecule has 0 aromatic heterocycles. The summed E-state index contributed by atoms with van der Waals surface area (Å²) < 4.78 is 0. The Hall–Kier alpha value is -5.60. The Bertz CT molecular complexity index is 1710. The molecule has 0 amide bonds. The summed E-state index contributed by atoms with van der Waals surface area (Å²) in [6, 6.07) is 56.9. The van der Waals surface area contributed by atoms with E-state index in [9.17, 15) is 0 Å². The summed E-state index contributed by atoms with van der Waals surface area (Å²) in [5, 5.41) is 3.53. The SMILES string of the molecule is C(=Cc1ccc(Nc2cccc(C=Cc3ccc(N(c4ccccc4)c4ccccc4)cc3)c2)cc1)c1ccccc1. The summed E-state index contributed by atoms with van der Waals surface area (Å²) in [4.78, 5) is 2.27. The molecule has 202 valence electrons. The van der Waals surface area contributed by atoms with Gasteiger partial charge in [0.15, 0.2) is 0 Å². The minimum atomic E-state index is 1.06. The van der Waals surface area contributed by atoms with Gasteiger partial charge in [-0.1, -0.05) is 127 Å². The van der Waals surface area contributed by atoms with Gasteiger partial charge in [0.25, 0.3) is 0 Å². The highest BCUT2D eigenvalue weighted by Gasteiger charge is 2.11. The van der Waals surface area contributed by atoms with Crippen molar-refractivity contribution < 1.29 is 0 Å². The number of anilines is 5. The third-order valence-corrected chi connectivity index (χ3v) is 7.00. The summed E-state index contributed by atoms with van der Waals surface area (Å²) in [5.74, 6) is 0. The van der Waals surface area contributed by atoms with E-state index in [1.807, 2.05) is 18.2 Å². The summed E-state index contributed by atoms with van der Waals surface area (Å²) in [6.45, 7) is 0. The van der Waals surface area contributed by atoms with E-state index in [0.29, 0.717) is 0 Å². The van der Waals surface area contributed by atoms with Crippen LogP contribution in [0.3, 0.4) is 0 Å². The van der Waals surface area contributed by atoms with Gasteiger partial charge < -0.3 is 10.2 Å². The molecule has 2 heteroatoms. The van der Waals surface area contributed by atoms with Crippen molar-refractivity contribution in [1.29, 1.82) is 0 Å². The molecular weight excluding hydrogens is 508 g/mol. The van der Waals surface area contributed by atoms with Crippen molar-refractivity contribution in [2.45, 2.75) is 0 Å². The number of hydrogen-bond acceptors (Lipinski definition) is 2. The Kier molecular flexibility index (Phi) is 8.34. The third-order valence-electron chi connectivity index (χ3n) is 7.00. The number of hydrogen-bond donors (Lipinski definition) is 1. The van der Waals surface area contributed by atoms with Crippen molar-refractivity contribution in [3.63, 3.8) is 0 Å². The van der Waals surface area contributed by atoms with Gasteiger partial charge in [-0.2, -0.15) is 0 Å². The second-order valence-electron chi connectivity index (χ2n) is 10.0.